The molecule has 0 saturated carbocycles. The summed E-state index contributed by atoms with van der Waals surface area (Å²) in [5.41, 5.74) is 3.94. The maximum Gasteiger partial charge on any atom is 0.271 e. The molecule has 0 saturated heterocycles. The van der Waals surface area contributed by atoms with Gasteiger partial charge in [-0.1, -0.05) is 0 Å². The van der Waals surface area contributed by atoms with Crippen LogP contribution in [0.4, 0.5) is 13.2 Å². The molecule has 0 atom stereocenters. The Hall–Kier alpha value is -2.38. The van der Waals surface area contributed by atoms with E-state index < -0.39 is 28.9 Å². The second-order valence-corrected chi connectivity index (χ2v) is 3.13. The van der Waals surface area contributed by atoms with Gasteiger partial charge in [-0.05, 0) is 6.07 Å². The number of hydrogen-bond donors (Lipinski definition) is 2. The summed E-state index contributed by atoms with van der Waals surface area (Å²) in [4.78, 5) is 10.9. The fourth-order valence-corrected chi connectivity index (χ4v) is 1.29. The molecule has 3 N–H and O–H groups in total. The largest absolute Gasteiger partial charge is 0.364 e. The predicted octanol–water partition coefficient (Wildman–Crippen LogP) is 0.988. The smallest absolute Gasteiger partial charge is 0.271 e. The topological polar surface area (TPSA) is 84.7 Å². The molecule has 5 nitrogen and oxygen atoms in total. The van der Waals surface area contributed by atoms with E-state index in [0.29, 0.717) is 12.1 Å². The van der Waals surface area contributed by atoms with Crippen molar-refractivity contribution in [1.82, 2.24) is 15.4 Å². The van der Waals surface area contributed by atoms with Crippen molar-refractivity contribution in [3.05, 3.63) is 35.3 Å². The van der Waals surface area contributed by atoms with Crippen molar-refractivity contribution in [3.63, 3.8) is 0 Å². The van der Waals surface area contributed by atoms with Gasteiger partial charge in [0, 0.05) is 11.6 Å². The van der Waals surface area contributed by atoms with Crippen LogP contribution in [0.3, 0.4) is 0 Å². The maximum absolute atomic E-state index is 13.4. The summed E-state index contributed by atoms with van der Waals surface area (Å²) < 4.78 is 39.1. The van der Waals surface area contributed by atoms with E-state index in [9.17, 15) is 18.0 Å². The van der Waals surface area contributed by atoms with Gasteiger partial charge in [0.15, 0.2) is 17.3 Å². The molecule has 88 valence electrons. The SMILES string of the molecule is NC(=O)c1n[nH]nc1-c1cc(F)c(F)cc1F. The first-order chi connectivity index (χ1) is 8.00. The van der Waals surface area contributed by atoms with Crippen LogP contribution in [0.5, 0.6) is 0 Å². The van der Waals surface area contributed by atoms with Gasteiger partial charge in [0.2, 0.25) is 0 Å². The lowest BCUT2D eigenvalue weighted by Crippen LogP contribution is -2.13. The molecular formula is C9H5F3N4O. The summed E-state index contributed by atoms with van der Waals surface area (Å²) in [6, 6.07) is 0.930. The Bertz CT molecular complexity index is 596. The fourth-order valence-electron chi connectivity index (χ4n) is 1.29. The van der Waals surface area contributed by atoms with E-state index in [4.69, 9.17) is 5.73 Å². The monoisotopic (exact) mass is 242 g/mol. The van der Waals surface area contributed by atoms with Gasteiger partial charge in [0.25, 0.3) is 5.91 Å². The molecule has 0 aliphatic rings. The number of hydrogen-bond acceptors (Lipinski definition) is 3. The molecule has 0 spiro atoms. The zero-order valence-corrected chi connectivity index (χ0v) is 8.17. The molecule has 17 heavy (non-hydrogen) atoms. The Morgan fingerprint density at radius 2 is 1.76 bits per heavy atom. The molecule has 8 heteroatoms. The third-order valence-corrected chi connectivity index (χ3v) is 2.05. The fraction of sp³-hybridized carbons (Fsp3) is 0. The van der Waals surface area contributed by atoms with Crippen LogP contribution in [-0.2, 0) is 0 Å². The van der Waals surface area contributed by atoms with Crippen molar-refractivity contribution in [2.75, 3.05) is 0 Å². The lowest BCUT2D eigenvalue weighted by molar-refractivity contribution is 0.0996. The Balaban J connectivity index is 2.64. The molecule has 0 unspecified atom stereocenters. The van der Waals surface area contributed by atoms with E-state index in [1.54, 1.807) is 0 Å². The number of benzene rings is 1. The van der Waals surface area contributed by atoms with Crippen LogP contribution in [0.2, 0.25) is 0 Å². The number of H-pyrrole nitrogens is 1. The summed E-state index contributed by atoms with van der Waals surface area (Å²) in [5.74, 6) is -4.63. The number of nitrogens with two attached hydrogens (primary N) is 1. The highest BCUT2D eigenvalue weighted by molar-refractivity contribution is 5.96. The van der Waals surface area contributed by atoms with E-state index in [2.05, 4.69) is 15.4 Å². The quantitative estimate of drug-likeness (QED) is 0.770. The van der Waals surface area contributed by atoms with Crippen molar-refractivity contribution in [2.45, 2.75) is 0 Å². The minimum atomic E-state index is -1.34. The first-order valence-electron chi connectivity index (χ1n) is 4.36. The summed E-state index contributed by atoms with van der Waals surface area (Å²) in [6.07, 6.45) is 0. The summed E-state index contributed by atoms with van der Waals surface area (Å²) >= 11 is 0. The molecule has 1 aromatic carbocycles. The second kappa shape index (κ2) is 3.89. The van der Waals surface area contributed by atoms with E-state index in [-0.39, 0.29) is 11.4 Å². The second-order valence-electron chi connectivity index (χ2n) is 3.13. The third kappa shape index (κ3) is 1.84. The average Bonchev–Trinajstić information content (AvgIpc) is 2.72. The van der Waals surface area contributed by atoms with Gasteiger partial charge in [0.1, 0.15) is 11.5 Å². The Kier molecular flexibility index (Phi) is 2.54. The number of carbonyl (C=O) groups is 1. The van der Waals surface area contributed by atoms with Gasteiger partial charge >= 0.3 is 0 Å². The van der Waals surface area contributed by atoms with E-state index in [0.717, 1.165) is 0 Å². The zero-order valence-electron chi connectivity index (χ0n) is 8.17. The number of primary amides is 1. The van der Waals surface area contributed by atoms with E-state index in [1.165, 1.54) is 0 Å². The minimum Gasteiger partial charge on any atom is -0.364 e. The van der Waals surface area contributed by atoms with Crippen LogP contribution in [0.1, 0.15) is 10.5 Å². The molecule has 0 bridgehead atoms. The first kappa shape index (κ1) is 11.1. The van der Waals surface area contributed by atoms with Crippen LogP contribution in [0.25, 0.3) is 11.3 Å². The van der Waals surface area contributed by atoms with Crippen LogP contribution in [0, 0.1) is 17.5 Å². The number of amides is 1. The van der Waals surface area contributed by atoms with Gasteiger partial charge < -0.3 is 5.73 Å². The summed E-state index contributed by atoms with van der Waals surface area (Å²) in [6.45, 7) is 0. The van der Waals surface area contributed by atoms with Crippen LogP contribution >= 0.6 is 0 Å². The molecule has 1 amide bonds. The van der Waals surface area contributed by atoms with Crippen molar-refractivity contribution in [1.29, 1.82) is 0 Å². The van der Waals surface area contributed by atoms with Gasteiger partial charge in [-0.2, -0.15) is 15.4 Å². The van der Waals surface area contributed by atoms with Crippen molar-refractivity contribution in [3.8, 4) is 11.3 Å². The highest BCUT2D eigenvalue weighted by Gasteiger charge is 2.20. The molecule has 2 aromatic rings. The molecule has 0 aliphatic heterocycles. The standard InChI is InChI=1S/C9H5F3N4O/c10-4-2-6(12)5(11)1-3(4)7-8(9(13)17)15-16-14-7/h1-2H,(H2,13,17)(H,14,15,16). The van der Waals surface area contributed by atoms with E-state index in [1.807, 2.05) is 0 Å². The average molecular weight is 242 g/mol. The minimum absolute atomic E-state index is 0.270. The van der Waals surface area contributed by atoms with Crippen LogP contribution in [0.15, 0.2) is 12.1 Å². The Labute approximate surface area is 92.4 Å². The van der Waals surface area contributed by atoms with Crippen molar-refractivity contribution >= 4 is 5.91 Å². The normalized spacial score (nSPS) is 10.5. The van der Waals surface area contributed by atoms with Gasteiger partial charge in [0.05, 0.1) is 0 Å². The predicted molar refractivity (Wildman–Crippen MR) is 50.2 cm³/mol. The van der Waals surface area contributed by atoms with Crippen LogP contribution < -0.4 is 5.73 Å². The zero-order chi connectivity index (χ0) is 12.6. The number of aromatic amines is 1. The van der Waals surface area contributed by atoms with Gasteiger partial charge in [-0.15, -0.1) is 0 Å². The molecule has 0 fully saturated rings. The summed E-state index contributed by atoms with van der Waals surface area (Å²) in [7, 11) is 0. The number of halogens is 3. The number of nitrogens with one attached hydrogen (secondary N) is 1. The highest BCUT2D eigenvalue weighted by Crippen LogP contribution is 2.25. The van der Waals surface area contributed by atoms with Crippen molar-refractivity contribution in [2.24, 2.45) is 5.73 Å². The third-order valence-electron chi connectivity index (χ3n) is 2.05. The van der Waals surface area contributed by atoms with E-state index >= 15 is 0 Å². The van der Waals surface area contributed by atoms with Crippen molar-refractivity contribution < 1.29 is 18.0 Å². The number of carbonyl (C=O) groups excluding carboxylic acids is 1. The molecule has 1 aromatic heterocycles. The summed E-state index contributed by atoms with van der Waals surface area (Å²) in [5, 5.41) is 8.92. The lowest BCUT2D eigenvalue weighted by atomic mass is 10.1. The van der Waals surface area contributed by atoms with Gasteiger partial charge in [-0.3, -0.25) is 4.79 Å². The molecule has 2 rings (SSSR count). The lowest BCUT2D eigenvalue weighted by Gasteiger charge is -2.01. The molecule has 0 aliphatic carbocycles. The highest BCUT2D eigenvalue weighted by atomic mass is 19.2. The number of aromatic nitrogens is 3. The molecule has 0 radical (unpaired) electrons. The first-order valence-corrected chi connectivity index (χ1v) is 4.36. The number of rotatable bonds is 2. The molecule has 1 heterocycles. The molecular weight excluding hydrogens is 237 g/mol. The van der Waals surface area contributed by atoms with Crippen LogP contribution in [-0.4, -0.2) is 21.3 Å². The Morgan fingerprint density at radius 3 is 2.41 bits per heavy atom. The number of nitrogens with zero attached hydrogens (tertiary/aromatic N) is 2. The van der Waals surface area contributed by atoms with Gasteiger partial charge in [-0.25, -0.2) is 13.2 Å². The maximum atomic E-state index is 13.4. The Morgan fingerprint density at radius 1 is 1.12 bits per heavy atom.